The summed E-state index contributed by atoms with van der Waals surface area (Å²) in [5.41, 5.74) is 0.971. The monoisotopic (exact) mass is 250 g/mol. The number of hydrogen-bond donors (Lipinski definition) is 2. The molecular weight excluding hydrogens is 232 g/mol. The van der Waals surface area contributed by atoms with Gasteiger partial charge in [-0.3, -0.25) is 4.79 Å². The normalized spacial score (nSPS) is 14.4. The van der Waals surface area contributed by atoms with Crippen molar-refractivity contribution < 1.29 is 19.7 Å². The van der Waals surface area contributed by atoms with E-state index in [1.54, 1.807) is 12.2 Å². The zero-order valence-electron chi connectivity index (χ0n) is 10.3. The lowest BCUT2D eigenvalue weighted by molar-refractivity contribution is -0.143. The van der Waals surface area contributed by atoms with E-state index in [0.29, 0.717) is 0 Å². The molecule has 4 nitrogen and oxygen atoms in total. The summed E-state index contributed by atoms with van der Waals surface area (Å²) in [6, 6.07) is 9.53. The topological polar surface area (TPSA) is 66.8 Å². The maximum Gasteiger partial charge on any atom is 0.308 e. The van der Waals surface area contributed by atoms with Crippen LogP contribution < -0.4 is 0 Å². The maximum atomic E-state index is 10.9. The van der Waals surface area contributed by atoms with E-state index in [0.717, 1.165) is 5.56 Å². The molecule has 0 bridgehead atoms. The van der Waals surface area contributed by atoms with Crippen molar-refractivity contribution >= 4 is 12.0 Å². The summed E-state index contributed by atoms with van der Waals surface area (Å²) in [6.07, 6.45) is 1.69. The molecule has 1 rings (SSSR count). The molecule has 0 saturated carbocycles. The van der Waals surface area contributed by atoms with Crippen molar-refractivity contribution in [1.29, 1.82) is 0 Å². The molecule has 2 atom stereocenters. The molecule has 0 aromatic heterocycles. The summed E-state index contributed by atoms with van der Waals surface area (Å²) in [5.74, 6) is -0.485. The molecule has 0 heterocycles. The second-order valence-corrected chi connectivity index (χ2v) is 4.01. The highest BCUT2D eigenvalue weighted by Gasteiger charge is 2.14. The van der Waals surface area contributed by atoms with Crippen LogP contribution in [-0.4, -0.2) is 35.5 Å². The lowest BCUT2D eigenvalue weighted by Crippen LogP contribution is -2.20. The summed E-state index contributed by atoms with van der Waals surface area (Å²) >= 11 is 0. The minimum Gasteiger partial charge on any atom is -0.469 e. The fourth-order valence-electron chi connectivity index (χ4n) is 1.50. The predicted octanol–water partition coefficient (Wildman–Crippen LogP) is 1.37. The van der Waals surface area contributed by atoms with Crippen LogP contribution >= 0.6 is 0 Å². The highest BCUT2D eigenvalue weighted by molar-refractivity contribution is 5.69. The molecule has 4 heteroatoms. The molecule has 0 unspecified atom stereocenters. The number of benzene rings is 1. The summed E-state index contributed by atoms with van der Waals surface area (Å²) in [5, 5.41) is 19.2. The highest BCUT2D eigenvalue weighted by Crippen LogP contribution is 2.07. The molecule has 2 N–H and O–H groups in total. The van der Waals surface area contributed by atoms with E-state index >= 15 is 0 Å². The van der Waals surface area contributed by atoms with Crippen LogP contribution in [0.2, 0.25) is 0 Å². The number of hydrogen-bond acceptors (Lipinski definition) is 4. The van der Waals surface area contributed by atoms with Crippen molar-refractivity contribution in [2.75, 3.05) is 7.11 Å². The number of carbonyl (C=O) groups excluding carboxylic acids is 1. The smallest absolute Gasteiger partial charge is 0.308 e. The Morgan fingerprint density at radius 2 is 2.00 bits per heavy atom. The number of carbonyl (C=O) groups is 1. The number of esters is 1. The minimum absolute atomic E-state index is 0.104. The number of ether oxygens (including phenoxy) is 1. The minimum atomic E-state index is -0.895. The van der Waals surface area contributed by atoms with E-state index < -0.39 is 18.2 Å². The van der Waals surface area contributed by atoms with Gasteiger partial charge in [-0.25, -0.2) is 0 Å². The largest absolute Gasteiger partial charge is 0.469 e. The second-order valence-electron chi connectivity index (χ2n) is 4.01. The Labute approximate surface area is 107 Å². The molecule has 1 aromatic carbocycles. The van der Waals surface area contributed by atoms with Gasteiger partial charge in [-0.1, -0.05) is 42.5 Å². The van der Waals surface area contributed by atoms with Gasteiger partial charge in [0.25, 0.3) is 0 Å². The van der Waals surface area contributed by atoms with Gasteiger partial charge in [0.15, 0.2) is 0 Å². The predicted molar refractivity (Wildman–Crippen MR) is 68.7 cm³/mol. The molecule has 1 aromatic rings. The van der Waals surface area contributed by atoms with Crippen molar-refractivity contribution in [3.05, 3.63) is 42.0 Å². The summed E-state index contributed by atoms with van der Waals surface area (Å²) in [6.45, 7) is 0. The number of methoxy groups -OCH3 is 1. The molecule has 0 spiro atoms. The first-order chi connectivity index (χ1) is 8.61. The first-order valence-electron chi connectivity index (χ1n) is 5.78. The summed E-state index contributed by atoms with van der Waals surface area (Å²) < 4.78 is 4.43. The van der Waals surface area contributed by atoms with Gasteiger partial charge in [0.2, 0.25) is 0 Å². The standard InChI is InChI=1S/C14H18O4/c1-18-14(17)10-13(16)9-12(15)8-7-11-5-3-2-4-6-11/h2-8,12-13,15-16H,9-10H2,1H3/b8-7+/t12-,13+/m1/s1. The fourth-order valence-corrected chi connectivity index (χ4v) is 1.50. The van der Waals surface area contributed by atoms with Crippen LogP contribution in [-0.2, 0) is 9.53 Å². The third-order valence-electron chi connectivity index (χ3n) is 2.45. The number of aliphatic hydroxyl groups excluding tert-OH is 2. The lowest BCUT2D eigenvalue weighted by Gasteiger charge is -2.11. The van der Waals surface area contributed by atoms with Gasteiger partial charge in [-0.2, -0.15) is 0 Å². The lowest BCUT2D eigenvalue weighted by atomic mass is 10.1. The molecule has 0 fully saturated rings. The first kappa shape index (κ1) is 14.4. The summed E-state index contributed by atoms with van der Waals surface area (Å²) in [7, 11) is 1.26. The molecule has 0 aliphatic heterocycles. The van der Waals surface area contributed by atoms with Crippen LogP contribution in [0.3, 0.4) is 0 Å². The molecule has 0 saturated heterocycles. The van der Waals surface area contributed by atoms with Crippen LogP contribution in [0.25, 0.3) is 6.08 Å². The van der Waals surface area contributed by atoms with E-state index in [2.05, 4.69) is 4.74 Å². The van der Waals surface area contributed by atoms with E-state index in [1.807, 2.05) is 30.3 Å². The van der Waals surface area contributed by atoms with E-state index in [1.165, 1.54) is 7.11 Å². The fraction of sp³-hybridized carbons (Fsp3) is 0.357. The Hall–Kier alpha value is -1.65. The molecule has 0 radical (unpaired) electrons. The zero-order valence-corrected chi connectivity index (χ0v) is 10.3. The van der Waals surface area contributed by atoms with Gasteiger partial charge in [-0.05, 0) is 5.56 Å². The van der Waals surface area contributed by atoms with E-state index in [9.17, 15) is 15.0 Å². The van der Waals surface area contributed by atoms with Crippen molar-refractivity contribution in [3.63, 3.8) is 0 Å². The van der Waals surface area contributed by atoms with E-state index in [4.69, 9.17) is 0 Å². The van der Waals surface area contributed by atoms with Crippen LogP contribution in [0.4, 0.5) is 0 Å². The highest BCUT2D eigenvalue weighted by atomic mass is 16.5. The Balaban J connectivity index is 2.39. The average molecular weight is 250 g/mol. The molecule has 0 aliphatic rings. The van der Waals surface area contributed by atoms with Crippen LogP contribution in [0, 0.1) is 0 Å². The van der Waals surface area contributed by atoms with Crippen LogP contribution in [0.1, 0.15) is 18.4 Å². The zero-order chi connectivity index (χ0) is 13.4. The van der Waals surface area contributed by atoms with Gasteiger partial charge >= 0.3 is 5.97 Å². The van der Waals surface area contributed by atoms with E-state index in [-0.39, 0.29) is 12.8 Å². The van der Waals surface area contributed by atoms with Gasteiger partial charge < -0.3 is 14.9 Å². The van der Waals surface area contributed by atoms with Crippen LogP contribution in [0.15, 0.2) is 36.4 Å². The number of aliphatic hydroxyl groups is 2. The Morgan fingerprint density at radius 1 is 1.33 bits per heavy atom. The molecule has 18 heavy (non-hydrogen) atoms. The average Bonchev–Trinajstić information content (AvgIpc) is 2.37. The third kappa shape index (κ3) is 5.61. The van der Waals surface area contributed by atoms with Crippen molar-refractivity contribution in [2.45, 2.75) is 25.0 Å². The summed E-state index contributed by atoms with van der Waals surface area (Å²) in [4.78, 5) is 10.9. The van der Waals surface area contributed by atoms with Gasteiger partial charge in [-0.15, -0.1) is 0 Å². The maximum absolute atomic E-state index is 10.9. The van der Waals surface area contributed by atoms with Crippen molar-refractivity contribution in [2.24, 2.45) is 0 Å². The Kier molecular flexibility index (Phi) is 6.11. The van der Waals surface area contributed by atoms with Gasteiger partial charge in [0, 0.05) is 6.42 Å². The molecule has 0 amide bonds. The SMILES string of the molecule is COC(=O)C[C@@H](O)C[C@H](O)/C=C/c1ccccc1. The van der Waals surface area contributed by atoms with Crippen LogP contribution in [0.5, 0.6) is 0 Å². The second kappa shape index (κ2) is 7.63. The Morgan fingerprint density at radius 3 is 2.61 bits per heavy atom. The Bertz CT molecular complexity index is 386. The van der Waals surface area contributed by atoms with Gasteiger partial charge in [0.05, 0.1) is 25.7 Å². The molecule has 98 valence electrons. The quantitative estimate of drug-likeness (QED) is 0.748. The molecular formula is C14H18O4. The van der Waals surface area contributed by atoms with Crippen molar-refractivity contribution in [1.82, 2.24) is 0 Å². The third-order valence-corrected chi connectivity index (χ3v) is 2.45. The first-order valence-corrected chi connectivity index (χ1v) is 5.78. The van der Waals surface area contributed by atoms with Gasteiger partial charge in [0.1, 0.15) is 0 Å². The number of rotatable bonds is 6. The molecule has 0 aliphatic carbocycles. The van der Waals surface area contributed by atoms with Crippen molar-refractivity contribution in [3.8, 4) is 0 Å².